The van der Waals surface area contributed by atoms with Crippen LogP contribution >= 0.6 is 11.8 Å². The monoisotopic (exact) mass is 395 g/mol. The van der Waals surface area contributed by atoms with Gasteiger partial charge in [-0.25, -0.2) is 0 Å². The van der Waals surface area contributed by atoms with Crippen LogP contribution in [0.3, 0.4) is 0 Å². The number of fused-ring (bicyclic) bond motifs is 1. The Bertz CT molecular complexity index is 1140. The van der Waals surface area contributed by atoms with Crippen LogP contribution in [0.15, 0.2) is 50.4 Å². The van der Waals surface area contributed by atoms with Crippen LogP contribution in [0, 0.1) is 22.4 Å². The van der Waals surface area contributed by atoms with Crippen molar-refractivity contribution >= 4 is 45.5 Å². The average molecular weight is 395 g/mol. The molecule has 28 heavy (non-hydrogen) atoms. The number of hydrogen-bond donors (Lipinski definition) is 1. The maximum absolute atomic E-state index is 12.3. The molecule has 1 aromatic heterocycles. The SMILES string of the molecule is CC1=NN2C(=N)/C(=C/c3ccc(-c4cc([N+](=O)[O-])ccc4C)o3)C(=O)N=C2S1. The molecule has 2 aromatic rings. The topological polar surface area (TPSA) is 125 Å². The van der Waals surface area contributed by atoms with Crippen LogP contribution in [0.5, 0.6) is 0 Å². The van der Waals surface area contributed by atoms with Gasteiger partial charge in [0.1, 0.15) is 11.5 Å². The number of amides is 1. The van der Waals surface area contributed by atoms with E-state index in [1.165, 1.54) is 35.0 Å². The number of aliphatic imine (C=N–C) groups is 1. The molecule has 0 radical (unpaired) electrons. The molecule has 10 heteroatoms. The second kappa shape index (κ2) is 6.57. The van der Waals surface area contributed by atoms with Gasteiger partial charge in [0.15, 0.2) is 5.84 Å². The van der Waals surface area contributed by atoms with Gasteiger partial charge < -0.3 is 4.42 Å². The zero-order valence-corrected chi connectivity index (χ0v) is 15.6. The minimum absolute atomic E-state index is 0.0391. The van der Waals surface area contributed by atoms with Crippen molar-refractivity contribution in [1.29, 1.82) is 5.41 Å². The van der Waals surface area contributed by atoms with Gasteiger partial charge in [0.2, 0.25) is 5.17 Å². The van der Waals surface area contributed by atoms with E-state index in [2.05, 4.69) is 10.1 Å². The van der Waals surface area contributed by atoms with E-state index in [4.69, 9.17) is 9.83 Å². The van der Waals surface area contributed by atoms with E-state index in [0.29, 0.717) is 27.3 Å². The summed E-state index contributed by atoms with van der Waals surface area (Å²) in [7, 11) is 0. The number of hydrazone groups is 1. The fourth-order valence-corrected chi connectivity index (χ4v) is 3.53. The molecule has 0 atom stereocenters. The first kappa shape index (κ1) is 17.9. The van der Waals surface area contributed by atoms with Crippen LogP contribution in [-0.2, 0) is 4.79 Å². The average Bonchev–Trinajstić information content (AvgIpc) is 3.25. The fraction of sp³-hybridized carbons (Fsp3) is 0.111. The number of carbonyl (C=O) groups is 1. The summed E-state index contributed by atoms with van der Waals surface area (Å²) in [5.41, 5.74) is 1.41. The van der Waals surface area contributed by atoms with Crippen molar-refractivity contribution in [2.24, 2.45) is 10.1 Å². The van der Waals surface area contributed by atoms with Gasteiger partial charge >= 0.3 is 0 Å². The van der Waals surface area contributed by atoms with Crippen LogP contribution in [-0.4, -0.2) is 31.9 Å². The zero-order chi connectivity index (χ0) is 20.0. The number of nitro benzene ring substituents is 1. The van der Waals surface area contributed by atoms with Gasteiger partial charge in [-0.15, -0.1) is 0 Å². The van der Waals surface area contributed by atoms with E-state index in [1.807, 2.05) is 6.92 Å². The molecule has 0 bridgehead atoms. The highest BCUT2D eigenvalue weighted by Crippen LogP contribution is 2.31. The molecule has 9 nitrogen and oxygen atoms in total. The van der Waals surface area contributed by atoms with E-state index >= 15 is 0 Å². The van der Waals surface area contributed by atoms with Gasteiger partial charge in [-0.1, -0.05) is 6.07 Å². The molecule has 0 saturated carbocycles. The standard InChI is InChI=1S/C18H13N5O4S/c1-9-3-4-11(23(25)26)7-13(9)15-6-5-12(27-15)8-14-16(19)22-18(20-17(14)24)28-10(2)21-22/h3-8,19H,1-2H3/b14-8-,19-16?. The van der Waals surface area contributed by atoms with Gasteiger partial charge in [-0.05, 0) is 49.4 Å². The zero-order valence-electron chi connectivity index (χ0n) is 14.8. The largest absolute Gasteiger partial charge is 0.457 e. The summed E-state index contributed by atoms with van der Waals surface area (Å²) >= 11 is 1.23. The highest BCUT2D eigenvalue weighted by molar-refractivity contribution is 8.26. The molecule has 1 amide bonds. The smallest absolute Gasteiger partial charge is 0.283 e. The van der Waals surface area contributed by atoms with Gasteiger partial charge in [-0.2, -0.15) is 15.1 Å². The Morgan fingerprint density at radius 2 is 2.07 bits per heavy atom. The third kappa shape index (κ3) is 3.03. The van der Waals surface area contributed by atoms with Crippen LogP contribution < -0.4 is 0 Å². The molecular formula is C18H13N5O4S. The fourth-order valence-electron chi connectivity index (χ4n) is 2.79. The van der Waals surface area contributed by atoms with Crippen molar-refractivity contribution < 1.29 is 14.1 Å². The molecule has 1 N–H and O–H groups in total. The molecule has 1 aromatic carbocycles. The molecular weight excluding hydrogens is 382 g/mol. The number of aryl methyl sites for hydroxylation is 1. The van der Waals surface area contributed by atoms with Gasteiger partial charge in [0.25, 0.3) is 11.6 Å². The van der Waals surface area contributed by atoms with E-state index in [0.717, 1.165) is 5.56 Å². The van der Waals surface area contributed by atoms with Gasteiger partial charge in [-0.3, -0.25) is 20.3 Å². The number of nitrogens with one attached hydrogen (secondary N) is 1. The molecule has 0 unspecified atom stereocenters. The summed E-state index contributed by atoms with van der Waals surface area (Å²) in [6.45, 7) is 3.59. The van der Waals surface area contributed by atoms with E-state index in [9.17, 15) is 14.9 Å². The van der Waals surface area contributed by atoms with Crippen LogP contribution in [0.2, 0.25) is 0 Å². The Hall–Kier alpha value is -3.53. The van der Waals surface area contributed by atoms with E-state index in [-0.39, 0.29) is 17.1 Å². The molecule has 4 rings (SSSR count). The van der Waals surface area contributed by atoms with Crippen LogP contribution in [0.25, 0.3) is 17.4 Å². The summed E-state index contributed by atoms with van der Waals surface area (Å²) < 4.78 is 5.76. The predicted octanol–water partition coefficient (Wildman–Crippen LogP) is 3.80. The Morgan fingerprint density at radius 1 is 1.29 bits per heavy atom. The van der Waals surface area contributed by atoms with Crippen LogP contribution in [0.1, 0.15) is 18.2 Å². The van der Waals surface area contributed by atoms with E-state index < -0.39 is 10.8 Å². The highest BCUT2D eigenvalue weighted by Gasteiger charge is 2.34. The summed E-state index contributed by atoms with van der Waals surface area (Å²) in [4.78, 5) is 26.8. The van der Waals surface area contributed by atoms with Crippen molar-refractivity contribution in [3.63, 3.8) is 0 Å². The lowest BCUT2D eigenvalue weighted by atomic mass is 10.1. The summed E-state index contributed by atoms with van der Waals surface area (Å²) in [5.74, 6) is 0.139. The number of hydrogen-bond acceptors (Lipinski definition) is 7. The first-order valence-corrected chi connectivity index (χ1v) is 8.97. The molecule has 0 aliphatic carbocycles. The molecule has 2 aliphatic rings. The summed E-state index contributed by atoms with van der Waals surface area (Å²) in [5, 5.41) is 25.8. The quantitative estimate of drug-likeness (QED) is 0.479. The number of nitro groups is 1. The number of carbonyl (C=O) groups excluding carboxylic acids is 1. The highest BCUT2D eigenvalue weighted by atomic mass is 32.2. The van der Waals surface area contributed by atoms with Gasteiger partial charge in [0, 0.05) is 17.7 Å². The Morgan fingerprint density at radius 3 is 2.82 bits per heavy atom. The van der Waals surface area contributed by atoms with Gasteiger partial charge in [0.05, 0.1) is 15.5 Å². The summed E-state index contributed by atoms with van der Waals surface area (Å²) in [6, 6.07) is 7.81. The normalized spacial score (nSPS) is 17.6. The number of non-ortho nitro benzene ring substituents is 1. The third-order valence-corrected chi connectivity index (χ3v) is 4.99. The first-order valence-electron chi connectivity index (χ1n) is 8.15. The second-order valence-electron chi connectivity index (χ2n) is 6.10. The first-order chi connectivity index (χ1) is 13.3. The molecule has 140 valence electrons. The van der Waals surface area contributed by atoms with Crippen molar-refractivity contribution in [3.8, 4) is 11.3 Å². The maximum Gasteiger partial charge on any atom is 0.283 e. The lowest BCUT2D eigenvalue weighted by Gasteiger charge is -2.19. The Balaban J connectivity index is 1.69. The van der Waals surface area contributed by atoms with Crippen LogP contribution in [0.4, 0.5) is 5.69 Å². The van der Waals surface area contributed by atoms with E-state index in [1.54, 1.807) is 25.1 Å². The predicted molar refractivity (Wildman–Crippen MR) is 106 cm³/mol. The van der Waals surface area contributed by atoms with Crippen molar-refractivity contribution in [3.05, 3.63) is 57.3 Å². The number of furan rings is 1. The maximum atomic E-state index is 12.3. The Kier molecular flexibility index (Phi) is 4.19. The molecule has 0 fully saturated rings. The number of nitrogens with zero attached hydrogens (tertiary/aromatic N) is 4. The minimum Gasteiger partial charge on any atom is -0.457 e. The molecule has 2 aliphatic heterocycles. The summed E-state index contributed by atoms with van der Waals surface area (Å²) in [6.07, 6.45) is 1.43. The molecule has 3 heterocycles. The Labute approximate surface area is 163 Å². The van der Waals surface area contributed by atoms with Crippen molar-refractivity contribution in [2.75, 3.05) is 0 Å². The number of benzene rings is 1. The number of rotatable bonds is 3. The lowest BCUT2D eigenvalue weighted by Crippen LogP contribution is -2.35. The number of amidine groups is 2. The minimum atomic E-state index is -0.543. The third-order valence-electron chi connectivity index (χ3n) is 4.17. The van der Waals surface area contributed by atoms with Crippen molar-refractivity contribution in [1.82, 2.24) is 5.01 Å². The lowest BCUT2D eigenvalue weighted by molar-refractivity contribution is -0.384. The van der Waals surface area contributed by atoms with Crippen molar-refractivity contribution in [2.45, 2.75) is 13.8 Å². The molecule has 0 saturated heterocycles. The molecule has 0 spiro atoms. The number of thioether (sulfide) groups is 1. The second-order valence-corrected chi connectivity index (χ2v) is 7.26.